The monoisotopic (exact) mass is 502 g/mol. The van der Waals surface area contributed by atoms with E-state index in [1.165, 1.54) is 0 Å². The normalized spacial score (nSPS) is 11.6. The van der Waals surface area contributed by atoms with Crippen LogP contribution in [0.1, 0.15) is 19.8 Å². The van der Waals surface area contributed by atoms with Crippen molar-refractivity contribution in [1.82, 2.24) is 0 Å². The van der Waals surface area contributed by atoms with Crippen LogP contribution in [0.15, 0.2) is 154 Å². The lowest BCUT2D eigenvalue weighted by molar-refractivity contribution is -0.133. The standard InChI is InChI=1S/C34H30O2S/c1-2-12-34(35)36-37(31-17-10-5-11-18-31,32-23-19-29(20-24-32)27-13-6-3-7-14-27)33-25-21-30(22-26-33)28-15-8-4-9-16-28/h3-11,13-26H,2,12H2,1H3. The van der Waals surface area contributed by atoms with Gasteiger partial charge >= 0.3 is 5.97 Å². The van der Waals surface area contributed by atoms with Crippen molar-refractivity contribution in [2.75, 3.05) is 0 Å². The Morgan fingerprint density at radius 1 is 0.514 bits per heavy atom. The predicted molar refractivity (Wildman–Crippen MR) is 154 cm³/mol. The molecule has 0 saturated heterocycles. The Balaban J connectivity index is 1.67. The van der Waals surface area contributed by atoms with E-state index in [1.54, 1.807) is 0 Å². The molecule has 2 nitrogen and oxygen atoms in total. The zero-order valence-electron chi connectivity index (χ0n) is 20.9. The molecule has 0 aliphatic carbocycles. The van der Waals surface area contributed by atoms with Crippen molar-refractivity contribution in [1.29, 1.82) is 0 Å². The minimum atomic E-state index is -2.30. The molecule has 0 N–H and O–H groups in total. The first-order chi connectivity index (χ1) is 18.2. The van der Waals surface area contributed by atoms with Crippen LogP contribution < -0.4 is 0 Å². The first-order valence-electron chi connectivity index (χ1n) is 12.6. The van der Waals surface area contributed by atoms with Crippen molar-refractivity contribution < 1.29 is 8.98 Å². The molecule has 37 heavy (non-hydrogen) atoms. The minimum Gasteiger partial charge on any atom is -0.402 e. The number of rotatable bonds is 8. The van der Waals surface area contributed by atoms with Crippen LogP contribution in [0, 0.1) is 0 Å². The Morgan fingerprint density at radius 3 is 1.27 bits per heavy atom. The van der Waals surface area contributed by atoms with Gasteiger partial charge in [0.25, 0.3) is 0 Å². The second-order valence-electron chi connectivity index (χ2n) is 8.86. The lowest BCUT2D eigenvalue weighted by atomic mass is 10.1. The second-order valence-corrected chi connectivity index (χ2v) is 11.5. The maximum Gasteiger partial charge on any atom is 0.317 e. The Hall–Kier alpha value is -4.08. The highest BCUT2D eigenvalue weighted by atomic mass is 32.3. The third-order valence-electron chi connectivity index (χ3n) is 6.33. The van der Waals surface area contributed by atoms with E-state index >= 15 is 0 Å². The Morgan fingerprint density at radius 2 is 0.865 bits per heavy atom. The van der Waals surface area contributed by atoms with E-state index in [0.29, 0.717) is 6.42 Å². The number of hydrogen-bond acceptors (Lipinski definition) is 2. The largest absolute Gasteiger partial charge is 0.402 e. The van der Waals surface area contributed by atoms with Crippen LogP contribution in [0.3, 0.4) is 0 Å². The molecule has 0 spiro atoms. The summed E-state index contributed by atoms with van der Waals surface area (Å²) in [5.41, 5.74) is 4.57. The molecule has 5 aromatic carbocycles. The summed E-state index contributed by atoms with van der Waals surface area (Å²) >= 11 is 0. The van der Waals surface area contributed by atoms with Gasteiger partial charge in [0.15, 0.2) is 0 Å². The lowest BCUT2D eigenvalue weighted by Gasteiger charge is -2.40. The Bertz CT molecular complexity index is 1350. The Kier molecular flexibility index (Phi) is 7.53. The molecular formula is C34H30O2S. The molecule has 3 heteroatoms. The van der Waals surface area contributed by atoms with E-state index in [-0.39, 0.29) is 5.97 Å². The van der Waals surface area contributed by atoms with E-state index in [1.807, 2.05) is 61.5 Å². The maximum atomic E-state index is 13.2. The molecule has 184 valence electrons. The average Bonchev–Trinajstić information content (AvgIpc) is 2.98. The number of hydrogen-bond donors (Lipinski definition) is 0. The summed E-state index contributed by atoms with van der Waals surface area (Å²) in [6.45, 7) is 2.00. The second kappa shape index (κ2) is 11.3. The zero-order valence-corrected chi connectivity index (χ0v) is 21.7. The summed E-state index contributed by atoms with van der Waals surface area (Å²) in [4.78, 5) is 16.1. The summed E-state index contributed by atoms with van der Waals surface area (Å²) in [7, 11) is -2.30. The third-order valence-corrected chi connectivity index (χ3v) is 9.58. The first kappa shape index (κ1) is 24.6. The van der Waals surface area contributed by atoms with Gasteiger partial charge in [0.2, 0.25) is 0 Å². The van der Waals surface area contributed by atoms with Crippen LogP contribution in [-0.4, -0.2) is 5.97 Å². The summed E-state index contributed by atoms with van der Waals surface area (Å²) in [5.74, 6) is -0.180. The molecular weight excluding hydrogens is 472 g/mol. The molecule has 5 aromatic rings. The van der Waals surface area contributed by atoms with E-state index in [9.17, 15) is 4.79 Å². The topological polar surface area (TPSA) is 26.3 Å². The van der Waals surface area contributed by atoms with Crippen molar-refractivity contribution in [3.05, 3.63) is 140 Å². The van der Waals surface area contributed by atoms with Crippen LogP contribution in [0.25, 0.3) is 22.3 Å². The zero-order chi connectivity index (χ0) is 25.5. The van der Waals surface area contributed by atoms with Crippen LogP contribution in [0.5, 0.6) is 0 Å². The quantitative estimate of drug-likeness (QED) is 0.211. The minimum absolute atomic E-state index is 0.180. The van der Waals surface area contributed by atoms with Gasteiger partial charge in [-0.2, -0.15) is 0 Å². The van der Waals surface area contributed by atoms with Crippen LogP contribution in [0.4, 0.5) is 0 Å². The fraction of sp³-hybridized carbons (Fsp3) is 0.0882. The van der Waals surface area contributed by atoms with Gasteiger partial charge in [-0.05, 0) is 75.4 Å². The van der Waals surface area contributed by atoms with Crippen LogP contribution in [-0.2, 0) is 8.98 Å². The molecule has 0 saturated carbocycles. The average molecular weight is 503 g/mol. The van der Waals surface area contributed by atoms with Crippen molar-refractivity contribution in [2.24, 2.45) is 0 Å². The third kappa shape index (κ3) is 5.23. The van der Waals surface area contributed by atoms with Crippen molar-refractivity contribution in [3.63, 3.8) is 0 Å². The highest BCUT2D eigenvalue weighted by Gasteiger charge is 2.35. The highest BCUT2D eigenvalue weighted by Crippen LogP contribution is 2.69. The van der Waals surface area contributed by atoms with Gasteiger partial charge in [0.1, 0.15) is 0 Å². The smallest absolute Gasteiger partial charge is 0.317 e. The lowest BCUT2D eigenvalue weighted by Crippen LogP contribution is -2.13. The van der Waals surface area contributed by atoms with Gasteiger partial charge in [0, 0.05) is 21.1 Å². The van der Waals surface area contributed by atoms with E-state index in [4.69, 9.17) is 4.18 Å². The number of carbonyl (C=O) groups is 1. The molecule has 0 bridgehead atoms. The van der Waals surface area contributed by atoms with Gasteiger partial charge in [-0.3, -0.25) is 4.79 Å². The van der Waals surface area contributed by atoms with Crippen molar-refractivity contribution in [2.45, 2.75) is 34.5 Å². The van der Waals surface area contributed by atoms with E-state index in [0.717, 1.165) is 43.4 Å². The SMILES string of the molecule is CCCC(=O)OS(c1ccccc1)(c1ccc(-c2ccccc2)cc1)c1ccc(-c2ccccc2)cc1. The van der Waals surface area contributed by atoms with Gasteiger partial charge < -0.3 is 4.18 Å². The molecule has 0 heterocycles. The fourth-order valence-electron chi connectivity index (χ4n) is 4.49. The summed E-state index contributed by atoms with van der Waals surface area (Å²) in [6.07, 6.45) is 1.12. The highest BCUT2D eigenvalue weighted by molar-refractivity contribution is 8.30. The molecule has 0 atom stereocenters. The summed E-state index contributed by atoms with van der Waals surface area (Å²) in [6, 6.07) is 47.8. The molecule has 0 aliphatic rings. The molecule has 5 rings (SSSR count). The van der Waals surface area contributed by atoms with Gasteiger partial charge in [-0.25, -0.2) is 0 Å². The molecule has 0 amide bonds. The molecule has 0 aliphatic heterocycles. The Labute approximate surface area is 221 Å². The van der Waals surface area contributed by atoms with Crippen LogP contribution in [0.2, 0.25) is 0 Å². The van der Waals surface area contributed by atoms with Crippen LogP contribution >= 0.6 is 10.3 Å². The molecule has 0 unspecified atom stereocenters. The molecule has 0 radical (unpaired) electrons. The van der Waals surface area contributed by atoms with Crippen molar-refractivity contribution in [3.8, 4) is 22.3 Å². The van der Waals surface area contributed by atoms with Gasteiger partial charge in [-0.1, -0.05) is 110 Å². The number of carbonyl (C=O) groups excluding carboxylic acids is 1. The fourth-order valence-corrected chi connectivity index (χ4v) is 7.54. The van der Waals surface area contributed by atoms with Gasteiger partial charge in [0.05, 0.1) is 0 Å². The summed E-state index contributed by atoms with van der Waals surface area (Å²) < 4.78 is 6.57. The first-order valence-corrected chi connectivity index (χ1v) is 14.2. The van der Waals surface area contributed by atoms with Crippen molar-refractivity contribution >= 4 is 16.3 Å². The molecule has 0 aromatic heterocycles. The maximum absolute atomic E-state index is 13.2. The predicted octanol–water partition coefficient (Wildman–Crippen LogP) is 9.56. The molecule has 0 fully saturated rings. The van der Waals surface area contributed by atoms with E-state index < -0.39 is 10.3 Å². The number of benzene rings is 5. The van der Waals surface area contributed by atoms with Gasteiger partial charge in [-0.15, -0.1) is 0 Å². The summed E-state index contributed by atoms with van der Waals surface area (Å²) in [5, 5.41) is 0. The van der Waals surface area contributed by atoms with E-state index in [2.05, 4.69) is 84.9 Å².